The second-order valence-electron chi connectivity index (χ2n) is 6.94. The maximum atomic E-state index is 11.8. The molecular weight excluding hydrogens is 334 g/mol. The predicted octanol–water partition coefficient (Wildman–Crippen LogP) is 1.64. The van der Waals surface area contributed by atoms with Crippen LogP contribution in [0.1, 0.15) is 29.6 Å². The van der Waals surface area contributed by atoms with Crippen molar-refractivity contribution < 1.29 is 19.1 Å². The lowest BCUT2D eigenvalue weighted by atomic mass is 9.96. The Morgan fingerprint density at radius 3 is 2.88 bits per heavy atom. The van der Waals surface area contributed by atoms with Crippen molar-refractivity contribution in [2.45, 2.75) is 25.3 Å². The van der Waals surface area contributed by atoms with Crippen LogP contribution < -0.4 is 20.5 Å². The van der Waals surface area contributed by atoms with Gasteiger partial charge in [0.15, 0.2) is 0 Å². The minimum absolute atomic E-state index is 0.0128. The summed E-state index contributed by atoms with van der Waals surface area (Å²) >= 11 is 0. The molecule has 4 rings (SSSR count). The van der Waals surface area contributed by atoms with Crippen LogP contribution in [0.3, 0.4) is 0 Å². The number of hydrogen-bond donors (Lipinski definition) is 2. The first-order valence-electron chi connectivity index (χ1n) is 8.75. The van der Waals surface area contributed by atoms with Gasteiger partial charge in [0.2, 0.25) is 11.8 Å². The topological polar surface area (TPSA) is 104 Å². The summed E-state index contributed by atoms with van der Waals surface area (Å²) in [6.07, 6.45) is 4.59. The van der Waals surface area contributed by atoms with Gasteiger partial charge >= 0.3 is 0 Å². The van der Waals surface area contributed by atoms with E-state index in [4.69, 9.17) is 15.2 Å². The summed E-state index contributed by atoms with van der Waals surface area (Å²) in [6, 6.07) is 5.19. The van der Waals surface area contributed by atoms with Crippen LogP contribution in [0.2, 0.25) is 0 Å². The molecule has 2 heterocycles. The molecule has 2 aliphatic rings. The number of benzene rings is 1. The summed E-state index contributed by atoms with van der Waals surface area (Å²) in [5, 5.41) is 4.54. The molecule has 1 saturated carbocycles. The Hall–Kier alpha value is -2.83. The van der Waals surface area contributed by atoms with E-state index >= 15 is 0 Å². The van der Waals surface area contributed by atoms with Gasteiger partial charge < -0.3 is 20.5 Å². The molecule has 0 spiro atoms. The lowest BCUT2D eigenvalue weighted by Crippen LogP contribution is -2.35. The molecule has 1 aliphatic heterocycles. The van der Waals surface area contributed by atoms with Crippen LogP contribution in [0.4, 0.5) is 0 Å². The van der Waals surface area contributed by atoms with Crippen molar-refractivity contribution in [2.24, 2.45) is 17.6 Å². The van der Waals surface area contributed by atoms with Crippen molar-refractivity contribution in [3.8, 4) is 11.6 Å². The third-order valence-corrected chi connectivity index (χ3v) is 5.22. The van der Waals surface area contributed by atoms with E-state index in [-0.39, 0.29) is 11.9 Å². The van der Waals surface area contributed by atoms with Crippen LogP contribution in [0.25, 0.3) is 10.8 Å². The van der Waals surface area contributed by atoms with Gasteiger partial charge in [0.25, 0.3) is 5.91 Å². The summed E-state index contributed by atoms with van der Waals surface area (Å²) in [4.78, 5) is 27.7. The van der Waals surface area contributed by atoms with Gasteiger partial charge in [-0.15, -0.1) is 0 Å². The lowest BCUT2D eigenvalue weighted by molar-refractivity contribution is -0.119. The van der Waals surface area contributed by atoms with E-state index in [1.807, 2.05) is 0 Å². The zero-order chi connectivity index (χ0) is 18.3. The Balaban J connectivity index is 1.60. The first-order chi connectivity index (χ1) is 12.6. The molecule has 2 aromatic rings. The predicted molar refractivity (Wildman–Crippen MR) is 95.1 cm³/mol. The minimum Gasteiger partial charge on any atom is -0.496 e. The lowest BCUT2D eigenvalue weighted by Gasteiger charge is -2.19. The molecule has 2 unspecified atom stereocenters. The van der Waals surface area contributed by atoms with Crippen LogP contribution >= 0.6 is 0 Å². The molecule has 2 fully saturated rings. The van der Waals surface area contributed by atoms with Crippen LogP contribution in [-0.2, 0) is 4.79 Å². The van der Waals surface area contributed by atoms with Gasteiger partial charge in [0, 0.05) is 18.0 Å². The average Bonchev–Trinajstić information content (AvgIpc) is 3.41. The van der Waals surface area contributed by atoms with Crippen LogP contribution in [0.5, 0.6) is 11.6 Å². The zero-order valence-corrected chi connectivity index (χ0v) is 14.5. The van der Waals surface area contributed by atoms with Gasteiger partial charge in [-0.2, -0.15) is 0 Å². The summed E-state index contributed by atoms with van der Waals surface area (Å²) in [5.41, 5.74) is 5.73. The van der Waals surface area contributed by atoms with Gasteiger partial charge in [-0.05, 0) is 48.3 Å². The van der Waals surface area contributed by atoms with E-state index in [2.05, 4.69) is 10.3 Å². The summed E-state index contributed by atoms with van der Waals surface area (Å²) < 4.78 is 11.2. The molecule has 2 atom stereocenters. The number of pyridine rings is 1. The molecule has 2 amide bonds. The number of fused-ring (bicyclic) bond motifs is 1. The van der Waals surface area contributed by atoms with Crippen molar-refractivity contribution >= 4 is 22.6 Å². The second kappa shape index (κ2) is 6.48. The van der Waals surface area contributed by atoms with Gasteiger partial charge in [-0.3, -0.25) is 9.59 Å². The maximum absolute atomic E-state index is 11.8. The summed E-state index contributed by atoms with van der Waals surface area (Å²) in [6.45, 7) is 0.374. The Labute approximate surface area is 150 Å². The number of amides is 2. The highest BCUT2D eigenvalue weighted by molar-refractivity contribution is 6.01. The van der Waals surface area contributed by atoms with Crippen molar-refractivity contribution in [1.29, 1.82) is 0 Å². The van der Waals surface area contributed by atoms with Crippen molar-refractivity contribution in [3.63, 3.8) is 0 Å². The fourth-order valence-electron chi connectivity index (χ4n) is 3.73. The summed E-state index contributed by atoms with van der Waals surface area (Å²) in [7, 11) is 1.48. The Morgan fingerprint density at radius 1 is 1.38 bits per heavy atom. The number of primary amides is 1. The molecule has 1 aromatic heterocycles. The number of rotatable bonds is 6. The van der Waals surface area contributed by atoms with Crippen LogP contribution in [0.15, 0.2) is 24.4 Å². The first-order valence-corrected chi connectivity index (χ1v) is 8.75. The van der Waals surface area contributed by atoms with Gasteiger partial charge in [-0.25, -0.2) is 4.98 Å². The number of methoxy groups -OCH3 is 1. The molecule has 7 heteroatoms. The molecule has 0 radical (unpaired) electrons. The van der Waals surface area contributed by atoms with E-state index in [1.54, 1.807) is 24.4 Å². The van der Waals surface area contributed by atoms with E-state index in [1.165, 1.54) is 20.0 Å². The number of nitrogens with two attached hydrogens (primary N) is 1. The van der Waals surface area contributed by atoms with Gasteiger partial charge in [0.1, 0.15) is 12.4 Å². The zero-order valence-electron chi connectivity index (χ0n) is 14.5. The molecule has 1 aromatic carbocycles. The van der Waals surface area contributed by atoms with E-state index in [9.17, 15) is 9.59 Å². The number of ether oxygens (including phenoxy) is 2. The Morgan fingerprint density at radius 2 is 2.19 bits per heavy atom. The quantitative estimate of drug-likeness (QED) is 0.820. The molecule has 3 N–H and O–H groups in total. The highest BCUT2D eigenvalue weighted by atomic mass is 16.5. The third-order valence-electron chi connectivity index (χ3n) is 5.22. The molecule has 136 valence electrons. The summed E-state index contributed by atoms with van der Waals surface area (Å²) in [5.74, 6) is 1.34. The molecule has 26 heavy (non-hydrogen) atoms. The van der Waals surface area contributed by atoms with Crippen molar-refractivity contribution in [2.75, 3.05) is 13.7 Å². The molecular formula is C19H21N3O4. The van der Waals surface area contributed by atoms with Crippen molar-refractivity contribution in [3.05, 3.63) is 30.0 Å². The number of carbonyl (C=O) groups excluding carboxylic acids is 2. The smallest absolute Gasteiger partial charge is 0.252 e. The fourth-order valence-corrected chi connectivity index (χ4v) is 3.73. The molecule has 0 bridgehead atoms. The van der Waals surface area contributed by atoms with E-state index < -0.39 is 5.91 Å². The number of nitrogens with one attached hydrogen (secondary N) is 1. The van der Waals surface area contributed by atoms with Gasteiger partial charge in [0.05, 0.1) is 18.7 Å². The minimum atomic E-state index is -0.552. The highest BCUT2D eigenvalue weighted by Gasteiger charge is 2.42. The fraction of sp³-hybridized carbons (Fsp3) is 0.421. The second-order valence-corrected chi connectivity index (χ2v) is 6.94. The van der Waals surface area contributed by atoms with Crippen LogP contribution in [0, 0.1) is 11.8 Å². The maximum Gasteiger partial charge on any atom is 0.252 e. The number of nitrogens with zero attached hydrogens (tertiary/aromatic N) is 1. The third kappa shape index (κ3) is 3.05. The average molecular weight is 355 g/mol. The number of aromatic nitrogens is 1. The molecule has 7 nitrogen and oxygen atoms in total. The molecule has 1 aliphatic carbocycles. The Kier molecular flexibility index (Phi) is 4.14. The monoisotopic (exact) mass is 355 g/mol. The number of hydrogen-bond acceptors (Lipinski definition) is 5. The van der Waals surface area contributed by atoms with E-state index in [0.29, 0.717) is 42.1 Å². The number of carbonyl (C=O) groups is 2. The molecule has 1 saturated heterocycles. The van der Waals surface area contributed by atoms with Crippen molar-refractivity contribution in [1.82, 2.24) is 10.3 Å². The van der Waals surface area contributed by atoms with Crippen LogP contribution in [-0.4, -0.2) is 36.6 Å². The standard InChI is InChI=1S/C19H21N3O4/c1-25-16-7-13-11(6-14(16)18(20)24)4-5-21-19(13)26-9-15-12(10-2-3-10)8-17(23)22-15/h4-7,10,12,15H,2-3,8-9H2,1H3,(H2,20,24)(H,22,23). The Bertz CT molecular complexity index is 878. The highest BCUT2D eigenvalue weighted by Crippen LogP contribution is 2.42. The SMILES string of the molecule is COc1cc2c(OCC3NC(=O)CC3C3CC3)nccc2cc1C(N)=O. The largest absolute Gasteiger partial charge is 0.496 e. The van der Waals surface area contributed by atoms with E-state index in [0.717, 1.165) is 10.8 Å². The van der Waals surface area contributed by atoms with Gasteiger partial charge in [-0.1, -0.05) is 0 Å². The first kappa shape index (κ1) is 16.6. The normalized spacial score (nSPS) is 22.3.